The van der Waals surface area contributed by atoms with E-state index in [-0.39, 0.29) is 12.6 Å². The Bertz CT molecular complexity index is 177. The Balaban J connectivity index is 2.17. The van der Waals surface area contributed by atoms with Crippen LogP contribution in [-0.2, 0) is 0 Å². The Hall–Kier alpha value is -0.120. The number of likely N-dealkylation sites (tertiary alicyclic amines) is 1. The molecule has 96 valence electrons. The fraction of sp³-hybridized carbons (Fsp3) is 1.00. The van der Waals surface area contributed by atoms with E-state index >= 15 is 0 Å². The van der Waals surface area contributed by atoms with Gasteiger partial charge in [0.25, 0.3) is 0 Å². The summed E-state index contributed by atoms with van der Waals surface area (Å²) in [5.74, 6) is 1.66. The normalized spacial score (nSPS) is 28.5. The molecule has 1 aliphatic heterocycles. The van der Waals surface area contributed by atoms with Gasteiger partial charge in [0.2, 0.25) is 0 Å². The summed E-state index contributed by atoms with van der Waals surface area (Å²) in [6.07, 6.45) is 2.20. The third kappa shape index (κ3) is 4.40. The van der Waals surface area contributed by atoms with Crippen LogP contribution in [0.1, 0.15) is 33.6 Å². The molecule has 0 aromatic rings. The average molecular weight is 228 g/mol. The van der Waals surface area contributed by atoms with E-state index in [1.165, 1.54) is 13.1 Å². The van der Waals surface area contributed by atoms with Crippen molar-refractivity contribution in [1.82, 2.24) is 10.2 Å². The highest BCUT2D eigenvalue weighted by Crippen LogP contribution is 2.22. The summed E-state index contributed by atoms with van der Waals surface area (Å²) in [5, 5.41) is 12.6. The summed E-state index contributed by atoms with van der Waals surface area (Å²) >= 11 is 0. The van der Waals surface area contributed by atoms with Gasteiger partial charge in [0, 0.05) is 19.1 Å². The van der Waals surface area contributed by atoms with Crippen LogP contribution in [0.2, 0.25) is 0 Å². The van der Waals surface area contributed by atoms with Crippen LogP contribution in [-0.4, -0.2) is 48.8 Å². The summed E-state index contributed by atoms with van der Waals surface area (Å²) in [6, 6.07) is 0.283. The van der Waals surface area contributed by atoms with Crippen molar-refractivity contribution < 1.29 is 5.11 Å². The summed E-state index contributed by atoms with van der Waals surface area (Å²) in [7, 11) is 0. The minimum absolute atomic E-state index is 0.263. The van der Waals surface area contributed by atoms with Gasteiger partial charge in [-0.05, 0) is 37.8 Å². The standard InChI is InChI=1S/C13H28N2O/c1-4-6-14-13(10-16)5-7-15-8-11(2)12(3)9-15/h11-14,16H,4-10H2,1-3H3. The zero-order chi connectivity index (χ0) is 12.0. The molecule has 0 aromatic heterocycles. The highest BCUT2D eigenvalue weighted by atomic mass is 16.3. The molecule has 1 saturated heterocycles. The monoisotopic (exact) mass is 228 g/mol. The quantitative estimate of drug-likeness (QED) is 0.690. The number of aliphatic hydroxyl groups excluding tert-OH is 1. The highest BCUT2D eigenvalue weighted by molar-refractivity contribution is 4.79. The second-order valence-electron chi connectivity index (χ2n) is 5.34. The summed E-state index contributed by atoms with van der Waals surface area (Å²) in [5.41, 5.74) is 0. The van der Waals surface area contributed by atoms with Crippen LogP contribution in [0.5, 0.6) is 0 Å². The van der Waals surface area contributed by atoms with E-state index in [1.807, 2.05) is 0 Å². The molecule has 0 bridgehead atoms. The van der Waals surface area contributed by atoms with Crippen molar-refractivity contribution >= 4 is 0 Å². The number of nitrogens with one attached hydrogen (secondary N) is 1. The SMILES string of the molecule is CCCNC(CO)CCN1CC(C)C(C)C1. The Labute approximate surface area is 100 Å². The predicted molar refractivity (Wildman–Crippen MR) is 68.6 cm³/mol. The van der Waals surface area contributed by atoms with Gasteiger partial charge in [0.1, 0.15) is 0 Å². The zero-order valence-corrected chi connectivity index (χ0v) is 11.1. The Morgan fingerprint density at radius 2 is 1.94 bits per heavy atom. The third-order valence-electron chi connectivity index (χ3n) is 3.76. The Kier molecular flexibility index (Phi) is 6.32. The topological polar surface area (TPSA) is 35.5 Å². The third-order valence-corrected chi connectivity index (χ3v) is 3.76. The molecule has 3 nitrogen and oxygen atoms in total. The van der Waals surface area contributed by atoms with Gasteiger partial charge in [0.05, 0.1) is 6.61 Å². The van der Waals surface area contributed by atoms with Crippen molar-refractivity contribution in [2.75, 3.05) is 32.8 Å². The maximum atomic E-state index is 9.25. The fourth-order valence-corrected chi connectivity index (χ4v) is 2.38. The molecule has 2 N–H and O–H groups in total. The van der Waals surface area contributed by atoms with E-state index in [0.717, 1.165) is 37.8 Å². The minimum Gasteiger partial charge on any atom is -0.395 e. The molecular formula is C13H28N2O. The zero-order valence-electron chi connectivity index (χ0n) is 11.1. The van der Waals surface area contributed by atoms with Crippen LogP contribution in [0, 0.1) is 11.8 Å². The second kappa shape index (κ2) is 7.25. The maximum Gasteiger partial charge on any atom is 0.0585 e. The molecule has 1 aliphatic rings. The molecule has 3 unspecified atom stereocenters. The minimum atomic E-state index is 0.263. The van der Waals surface area contributed by atoms with E-state index in [4.69, 9.17) is 0 Å². The molecule has 0 amide bonds. The van der Waals surface area contributed by atoms with Gasteiger partial charge in [-0.2, -0.15) is 0 Å². The first-order chi connectivity index (χ1) is 7.67. The van der Waals surface area contributed by atoms with E-state index in [1.54, 1.807) is 0 Å². The molecule has 0 spiro atoms. The number of nitrogens with zero attached hydrogens (tertiary/aromatic N) is 1. The van der Waals surface area contributed by atoms with Gasteiger partial charge >= 0.3 is 0 Å². The number of aliphatic hydroxyl groups is 1. The van der Waals surface area contributed by atoms with Crippen molar-refractivity contribution in [2.24, 2.45) is 11.8 Å². The second-order valence-corrected chi connectivity index (χ2v) is 5.34. The van der Waals surface area contributed by atoms with E-state index < -0.39 is 0 Å². The van der Waals surface area contributed by atoms with Crippen LogP contribution in [0.4, 0.5) is 0 Å². The molecule has 0 radical (unpaired) electrons. The molecule has 3 heteroatoms. The van der Waals surface area contributed by atoms with Crippen molar-refractivity contribution in [2.45, 2.75) is 39.7 Å². The molecule has 0 aromatic carbocycles. The number of hydrogen-bond acceptors (Lipinski definition) is 3. The number of hydrogen-bond donors (Lipinski definition) is 2. The lowest BCUT2D eigenvalue weighted by Crippen LogP contribution is -2.36. The lowest BCUT2D eigenvalue weighted by molar-refractivity contribution is 0.215. The fourth-order valence-electron chi connectivity index (χ4n) is 2.38. The van der Waals surface area contributed by atoms with Gasteiger partial charge < -0.3 is 15.3 Å². The first kappa shape index (κ1) is 13.9. The smallest absolute Gasteiger partial charge is 0.0585 e. The summed E-state index contributed by atoms with van der Waals surface area (Å²) < 4.78 is 0. The molecule has 0 aliphatic carbocycles. The van der Waals surface area contributed by atoms with Crippen LogP contribution in [0.25, 0.3) is 0 Å². The largest absolute Gasteiger partial charge is 0.395 e. The lowest BCUT2D eigenvalue weighted by Gasteiger charge is -2.20. The Morgan fingerprint density at radius 1 is 1.31 bits per heavy atom. The molecule has 0 saturated carbocycles. The molecule has 1 rings (SSSR count). The van der Waals surface area contributed by atoms with Crippen molar-refractivity contribution in [3.8, 4) is 0 Å². The van der Waals surface area contributed by atoms with E-state index in [0.29, 0.717) is 0 Å². The van der Waals surface area contributed by atoms with Crippen molar-refractivity contribution in [1.29, 1.82) is 0 Å². The molecular weight excluding hydrogens is 200 g/mol. The molecule has 1 heterocycles. The van der Waals surface area contributed by atoms with Crippen LogP contribution in [0.3, 0.4) is 0 Å². The van der Waals surface area contributed by atoms with Crippen LogP contribution >= 0.6 is 0 Å². The van der Waals surface area contributed by atoms with Gasteiger partial charge in [-0.25, -0.2) is 0 Å². The molecule has 3 atom stereocenters. The summed E-state index contributed by atoms with van der Waals surface area (Å²) in [6.45, 7) is 11.7. The molecule has 1 fully saturated rings. The van der Waals surface area contributed by atoms with Gasteiger partial charge in [-0.3, -0.25) is 0 Å². The van der Waals surface area contributed by atoms with Gasteiger partial charge in [0.15, 0.2) is 0 Å². The Morgan fingerprint density at radius 3 is 2.44 bits per heavy atom. The van der Waals surface area contributed by atoms with Gasteiger partial charge in [-0.15, -0.1) is 0 Å². The van der Waals surface area contributed by atoms with Crippen molar-refractivity contribution in [3.63, 3.8) is 0 Å². The average Bonchev–Trinajstić information content (AvgIpc) is 2.59. The van der Waals surface area contributed by atoms with Crippen LogP contribution in [0.15, 0.2) is 0 Å². The first-order valence-electron chi connectivity index (χ1n) is 6.74. The maximum absolute atomic E-state index is 9.25. The van der Waals surface area contributed by atoms with Crippen LogP contribution < -0.4 is 5.32 Å². The predicted octanol–water partition coefficient (Wildman–Crippen LogP) is 1.32. The first-order valence-corrected chi connectivity index (χ1v) is 6.74. The lowest BCUT2D eigenvalue weighted by atomic mass is 10.0. The number of rotatable bonds is 7. The van der Waals surface area contributed by atoms with E-state index in [9.17, 15) is 5.11 Å². The highest BCUT2D eigenvalue weighted by Gasteiger charge is 2.25. The van der Waals surface area contributed by atoms with Gasteiger partial charge in [-0.1, -0.05) is 20.8 Å². The van der Waals surface area contributed by atoms with E-state index in [2.05, 4.69) is 31.0 Å². The molecule has 16 heavy (non-hydrogen) atoms. The summed E-state index contributed by atoms with van der Waals surface area (Å²) in [4.78, 5) is 2.53. The van der Waals surface area contributed by atoms with Crippen molar-refractivity contribution in [3.05, 3.63) is 0 Å².